The zero-order valence-electron chi connectivity index (χ0n) is 6.14. The molecule has 0 bridgehead atoms. The van der Waals surface area contributed by atoms with E-state index in [9.17, 15) is 4.39 Å². The molecular formula is C8H9ClFN. The van der Waals surface area contributed by atoms with Crippen LogP contribution in [-0.2, 0) is 0 Å². The summed E-state index contributed by atoms with van der Waals surface area (Å²) >= 11 is 5.53. The Kier molecular flexibility index (Phi) is 2.47. The molecule has 0 saturated heterocycles. The number of hydrogen-bond donors (Lipinski definition) is 1. The van der Waals surface area contributed by atoms with E-state index < -0.39 is 5.82 Å². The summed E-state index contributed by atoms with van der Waals surface area (Å²) in [5.41, 5.74) is 5.94. The molecule has 0 heterocycles. The molecule has 0 amide bonds. The summed E-state index contributed by atoms with van der Waals surface area (Å²) < 4.78 is 13.0. The number of hydrogen-bond acceptors (Lipinski definition) is 1. The minimum Gasteiger partial charge on any atom is -0.324 e. The topological polar surface area (TPSA) is 26.0 Å². The van der Waals surface area contributed by atoms with Crippen LogP contribution in [0.5, 0.6) is 0 Å². The minimum absolute atomic E-state index is 0.125. The second kappa shape index (κ2) is 3.20. The lowest BCUT2D eigenvalue weighted by Crippen LogP contribution is -2.07. The summed E-state index contributed by atoms with van der Waals surface area (Å²) in [6.45, 7) is 1.72. The molecule has 60 valence electrons. The molecule has 0 fully saturated rings. The van der Waals surface area contributed by atoms with Gasteiger partial charge in [-0.3, -0.25) is 0 Å². The van der Waals surface area contributed by atoms with Crippen LogP contribution in [0.15, 0.2) is 18.2 Å². The molecule has 0 unspecified atom stereocenters. The summed E-state index contributed by atoms with van der Waals surface area (Å²) in [5, 5.41) is 0.125. The van der Waals surface area contributed by atoms with Crippen molar-refractivity contribution in [3.63, 3.8) is 0 Å². The lowest BCUT2D eigenvalue weighted by atomic mass is 10.1. The Bertz CT molecular complexity index is 260. The quantitative estimate of drug-likeness (QED) is 0.694. The lowest BCUT2D eigenvalue weighted by molar-refractivity contribution is 0.594. The van der Waals surface area contributed by atoms with Gasteiger partial charge in [-0.25, -0.2) is 4.39 Å². The standard InChI is InChI=1S/C8H9ClFN/c1-5(11)6-3-2-4-7(9)8(6)10/h2-5H,11H2,1H3/t5-/m1/s1. The first kappa shape index (κ1) is 8.50. The van der Waals surface area contributed by atoms with Crippen molar-refractivity contribution in [2.75, 3.05) is 0 Å². The van der Waals surface area contributed by atoms with Crippen molar-refractivity contribution in [1.29, 1.82) is 0 Å². The van der Waals surface area contributed by atoms with Crippen LogP contribution in [0.1, 0.15) is 18.5 Å². The van der Waals surface area contributed by atoms with Crippen molar-refractivity contribution in [3.05, 3.63) is 34.6 Å². The first-order valence-electron chi connectivity index (χ1n) is 3.32. The van der Waals surface area contributed by atoms with Gasteiger partial charge >= 0.3 is 0 Å². The number of rotatable bonds is 1. The number of halogens is 2. The Hall–Kier alpha value is -0.600. The zero-order valence-corrected chi connectivity index (χ0v) is 6.90. The molecule has 3 heteroatoms. The Labute approximate surface area is 70.0 Å². The fraction of sp³-hybridized carbons (Fsp3) is 0.250. The maximum Gasteiger partial charge on any atom is 0.146 e. The van der Waals surface area contributed by atoms with E-state index in [-0.39, 0.29) is 11.1 Å². The number of nitrogens with two attached hydrogens (primary N) is 1. The van der Waals surface area contributed by atoms with E-state index in [1.807, 2.05) is 0 Å². The van der Waals surface area contributed by atoms with Crippen molar-refractivity contribution in [2.24, 2.45) is 5.73 Å². The average Bonchev–Trinajstić information content (AvgIpc) is 1.94. The summed E-state index contributed by atoms with van der Waals surface area (Å²) in [6, 6.07) is 4.51. The summed E-state index contributed by atoms with van der Waals surface area (Å²) in [5.74, 6) is -0.413. The molecule has 1 atom stereocenters. The maximum atomic E-state index is 13.0. The molecule has 0 aliphatic carbocycles. The smallest absolute Gasteiger partial charge is 0.146 e. The Morgan fingerprint density at radius 1 is 1.55 bits per heavy atom. The van der Waals surface area contributed by atoms with Gasteiger partial charge in [0.25, 0.3) is 0 Å². The van der Waals surface area contributed by atoms with E-state index in [2.05, 4.69) is 0 Å². The highest BCUT2D eigenvalue weighted by molar-refractivity contribution is 6.30. The molecule has 0 aliphatic rings. The molecule has 1 aromatic carbocycles. The van der Waals surface area contributed by atoms with Crippen molar-refractivity contribution < 1.29 is 4.39 Å². The second-order valence-electron chi connectivity index (χ2n) is 2.43. The zero-order chi connectivity index (χ0) is 8.43. The first-order valence-corrected chi connectivity index (χ1v) is 3.70. The van der Waals surface area contributed by atoms with Crippen LogP contribution < -0.4 is 5.73 Å². The molecule has 0 saturated carbocycles. The van der Waals surface area contributed by atoms with Crippen molar-refractivity contribution in [3.8, 4) is 0 Å². The Morgan fingerprint density at radius 3 is 2.64 bits per heavy atom. The summed E-state index contributed by atoms with van der Waals surface area (Å²) in [4.78, 5) is 0. The third-order valence-corrected chi connectivity index (χ3v) is 1.76. The highest BCUT2D eigenvalue weighted by Gasteiger charge is 2.08. The molecule has 0 aliphatic heterocycles. The highest BCUT2D eigenvalue weighted by atomic mass is 35.5. The summed E-state index contributed by atoms with van der Waals surface area (Å²) in [7, 11) is 0. The van der Waals surface area contributed by atoms with Gasteiger partial charge in [-0.2, -0.15) is 0 Å². The molecule has 0 spiro atoms. The molecule has 1 aromatic rings. The molecular weight excluding hydrogens is 165 g/mol. The predicted molar refractivity (Wildman–Crippen MR) is 44.0 cm³/mol. The van der Waals surface area contributed by atoms with Crippen LogP contribution in [0.4, 0.5) is 4.39 Å². The third-order valence-electron chi connectivity index (χ3n) is 1.47. The molecule has 11 heavy (non-hydrogen) atoms. The second-order valence-corrected chi connectivity index (χ2v) is 2.84. The fourth-order valence-electron chi connectivity index (χ4n) is 0.872. The fourth-order valence-corrected chi connectivity index (χ4v) is 1.05. The van der Waals surface area contributed by atoms with Gasteiger partial charge in [0.15, 0.2) is 0 Å². The van der Waals surface area contributed by atoms with E-state index in [4.69, 9.17) is 17.3 Å². The first-order chi connectivity index (χ1) is 5.13. The van der Waals surface area contributed by atoms with Crippen molar-refractivity contribution in [1.82, 2.24) is 0 Å². The highest BCUT2D eigenvalue weighted by Crippen LogP contribution is 2.21. The molecule has 1 rings (SSSR count). The van der Waals surface area contributed by atoms with Crippen molar-refractivity contribution in [2.45, 2.75) is 13.0 Å². The number of benzene rings is 1. The van der Waals surface area contributed by atoms with Gasteiger partial charge in [0.1, 0.15) is 5.82 Å². The van der Waals surface area contributed by atoms with Crippen LogP contribution in [0.3, 0.4) is 0 Å². The van der Waals surface area contributed by atoms with Gasteiger partial charge < -0.3 is 5.73 Å². The third kappa shape index (κ3) is 1.70. The van der Waals surface area contributed by atoms with Crippen LogP contribution in [0.2, 0.25) is 5.02 Å². The summed E-state index contributed by atoms with van der Waals surface area (Å²) in [6.07, 6.45) is 0. The lowest BCUT2D eigenvalue weighted by Gasteiger charge is -2.06. The van der Waals surface area contributed by atoms with Gasteiger partial charge in [0.2, 0.25) is 0 Å². The van der Waals surface area contributed by atoms with E-state index >= 15 is 0 Å². The van der Waals surface area contributed by atoms with E-state index in [1.54, 1.807) is 19.1 Å². The van der Waals surface area contributed by atoms with Crippen LogP contribution in [0.25, 0.3) is 0 Å². The predicted octanol–water partition coefficient (Wildman–Crippen LogP) is 2.50. The van der Waals surface area contributed by atoms with Crippen molar-refractivity contribution >= 4 is 11.6 Å². The average molecular weight is 174 g/mol. The largest absolute Gasteiger partial charge is 0.324 e. The van der Waals surface area contributed by atoms with Gasteiger partial charge in [0, 0.05) is 11.6 Å². The van der Waals surface area contributed by atoms with Gasteiger partial charge in [-0.1, -0.05) is 23.7 Å². The Morgan fingerprint density at radius 2 is 2.18 bits per heavy atom. The van der Waals surface area contributed by atoms with Gasteiger partial charge in [-0.05, 0) is 13.0 Å². The van der Waals surface area contributed by atoms with E-state index in [0.717, 1.165) is 0 Å². The van der Waals surface area contributed by atoms with Gasteiger partial charge in [-0.15, -0.1) is 0 Å². The molecule has 2 N–H and O–H groups in total. The Balaban J connectivity index is 3.17. The van der Waals surface area contributed by atoms with E-state index in [1.165, 1.54) is 6.07 Å². The molecule has 0 aromatic heterocycles. The molecule has 1 nitrogen and oxygen atoms in total. The maximum absolute atomic E-state index is 13.0. The van der Waals surface area contributed by atoms with Crippen LogP contribution in [-0.4, -0.2) is 0 Å². The van der Waals surface area contributed by atoms with Gasteiger partial charge in [0.05, 0.1) is 5.02 Å². The monoisotopic (exact) mass is 173 g/mol. The molecule has 0 radical (unpaired) electrons. The van der Waals surface area contributed by atoms with Crippen LogP contribution >= 0.6 is 11.6 Å². The van der Waals surface area contributed by atoms with Crippen LogP contribution in [0, 0.1) is 5.82 Å². The SMILES string of the molecule is C[C@@H](N)c1cccc(Cl)c1F. The van der Waals surface area contributed by atoms with E-state index in [0.29, 0.717) is 5.56 Å². The minimum atomic E-state index is -0.413. The normalized spacial score (nSPS) is 13.1.